The zero-order chi connectivity index (χ0) is 20.9. The molecule has 1 amide bonds. The van der Waals surface area contributed by atoms with E-state index in [-0.39, 0.29) is 5.91 Å². The minimum absolute atomic E-state index is 0.262. The zero-order valence-electron chi connectivity index (χ0n) is 16.1. The van der Waals surface area contributed by atoms with E-state index in [2.05, 4.69) is 15.5 Å². The number of aromatic nitrogens is 2. The highest BCUT2D eigenvalue weighted by Crippen LogP contribution is 2.25. The van der Waals surface area contributed by atoms with Gasteiger partial charge in [0.2, 0.25) is 11.8 Å². The third kappa shape index (κ3) is 4.67. The van der Waals surface area contributed by atoms with Crippen LogP contribution in [0.5, 0.6) is 5.75 Å². The Hall–Kier alpha value is -3.64. The Bertz CT molecular complexity index is 1130. The summed E-state index contributed by atoms with van der Waals surface area (Å²) >= 11 is 5.86. The summed E-state index contributed by atoms with van der Waals surface area (Å²) in [7, 11) is 0. The van der Waals surface area contributed by atoms with Crippen molar-refractivity contribution >= 4 is 23.2 Å². The number of hydrogen-bond acceptors (Lipinski definition) is 5. The number of carbonyl (C=O) groups excluding carboxylic acids is 1. The van der Waals surface area contributed by atoms with E-state index in [9.17, 15) is 4.79 Å². The van der Waals surface area contributed by atoms with Crippen molar-refractivity contribution in [3.63, 3.8) is 0 Å². The Kier molecular flexibility index (Phi) is 5.77. The molecule has 4 rings (SSSR count). The second-order valence-electron chi connectivity index (χ2n) is 6.56. The van der Waals surface area contributed by atoms with E-state index in [1.165, 1.54) is 0 Å². The summed E-state index contributed by atoms with van der Waals surface area (Å²) in [4.78, 5) is 12.4. The van der Waals surface area contributed by atoms with Crippen LogP contribution in [-0.2, 0) is 4.79 Å². The van der Waals surface area contributed by atoms with Gasteiger partial charge in [0, 0.05) is 21.8 Å². The third-order valence-electron chi connectivity index (χ3n) is 4.34. The summed E-state index contributed by atoms with van der Waals surface area (Å²) in [6, 6.07) is 23.6. The van der Waals surface area contributed by atoms with Crippen molar-refractivity contribution in [2.45, 2.75) is 13.0 Å². The van der Waals surface area contributed by atoms with Gasteiger partial charge in [0.25, 0.3) is 5.91 Å². The highest BCUT2D eigenvalue weighted by atomic mass is 35.5. The molecule has 1 unspecified atom stereocenters. The number of rotatable bonds is 6. The number of hydrogen-bond donors (Lipinski definition) is 1. The van der Waals surface area contributed by atoms with E-state index in [0.717, 1.165) is 11.1 Å². The molecule has 7 heteroatoms. The summed E-state index contributed by atoms with van der Waals surface area (Å²) in [6.07, 6.45) is -0.671. The van der Waals surface area contributed by atoms with Gasteiger partial charge < -0.3 is 14.5 Å². The van der Waals surface area contributed by atoms with Crippen LogP contribution in [0.15, 0.2) is 83.3 Å². The summed E-state index contributed by atoms with van der Waals surface area (Å²) in [5, 5.41) is 11.6. The number of halogens is 1. The quantitative estimate of drug-likeness (QED) is 0.448. The second-order valence-corrected chi connectivity index (χ2v) is 7.00. The van der Waals surface area contributed by atoms with Crippen LogP contribution in [0.25, 0.3) is 22.9 Å². The Morgan fingerprint density at radius 2 is 1.50 bits per heavy atom. The molecule has 3 aromatic carbocycles. The average Bonchev–Trinajstić information content (AvgIpc) is 3.27. The Labute approximate surface area is 178 Å². The van der Waals surface area contributed by atoms with Gasteiger partial charge in [-0.2, -0.15) is 0 Å². The normalized spacial score (nSPS) is 11.7. The topological polar surface area (TPSA) is 77.2 Å². The van der Waals surface area contributed by atoms with Crippen molar-refractivity contribution < 1.29 is 13.9 Å². The molecule has 30 heavy (non-hydrogen) atoms. The summed E-state index contributed by atoms with van der Waals surface area (Å²) in [6.45, 7) is 1.68. The first-order valence-corrected chi connectivity index (χ1v) is 9.69. The third-order valence-corrected chi connectivity index (χ3v) is 4.59. The van der Waals surface area contributed by atoms with E-state index < -0.39 is 6.10 Å². The molecule has 0 radical (unpaired) electrons. The monoisotopic (exact) mass is 419 g/mol. The molecule has 0 bridgehead atoms. The molecule has 0 aliphatic heterocycles. The highest BCUT2D eigenvalue weighted by molar-refractivity contribution is 6.30. The van der Waals surface area contributed by atoms with Crippen molar-refractivity contribution in [3.05, 3.63) is 83.9 Å². The average molecular weight is 420 g/mol. The number of amides is 1. The Morgan fingerprint density at radius 1 is 0.900 bits per heavy atom. The molecule has 150 valence electrons. The van der Waals surface area contributed by atoms with Gasteiger partial charge >= 0.3 is 0 Å². The number of anilines is 1. The largest absolute Gasteiger partial charge is 0.481 e. The van der Waals surface area contributed by atoms with E-state index in [1.54, 1.807) is 43.3 Å². The van der Waals surface area contributed by atoms with Gasteiger partial charge in [0.1, 0.15) is 5.75 Å². The molecule has 1 aromatic heterocycles. The Balaban J connectivity index is 1.39. The first-order chi connectivity index (χ1) is 14.6. The molecule has 4 aromatic rings. The number of ether oxygens (including phenoxy) is 1. The minimum Gasteiger partial charge on any atom is -0.481 e. The fourth-order valence-corrected chi connectivity index (χ4v) is 2.87. The molecule has 1 N–H and O–H groups in total. The first-order valence-electron chi connectivity index (χ1n) is 9.31. The minimum atomic E-state index is -0.671. The lowest BCUT2D eigenvalue weighted by atomic mass is 10.2. The molecule has 0 fully saturated rings. The van der Waals surface area contributed by atoms with Crippen molar-refractivity contribution in [2.24, 2.45) is 0 Å². The molecular weight excluding hydrogens is 402 g/mol. The lowest BCUT2D eigenvalue weighted by molar-refractivity contribution is -0.122. The molecule has 1 atom stereocenters. The van der Waals surface area contributed by atoms with Crippen LogP contribution in [0.3, 0.4) is 0 Å². The fourth-order valence-electron chi connectivity index (χ4n) is 2.75. The summed E-state index contributed by atoms with van der Waals surface area (Å²) in [5.41, 5.74) is 2.25. The summed E-state index contributed by atoms with van der Waals surface area (Å²) < 4.78 is 11.4. The predicted octanol–water partition coefficient (Wildman–Crippen LogP) is 5.46. The van der Waals surface area contributed by atoms with Crippen LogP contribution < -0.4 is 10.1 Å². The molecule has 0 saturated carbocycles. The number of benzene rings is 3. The SMILES string of the molecule is CC(Oc1ccc(Cl)cc1)C(=O)Nc1ccc(-c2nnc(-c3ccccc3)o2)cc1. The van der Waals surface area contributed by atoms with Gasteiger partial charge in [-0.1, -0.05) is 29.8 Å². The van der Waals surface area contributed by atoms with Gasteiger partial charge in [-0.15, -0.1) is 10.2 Å². The summed E-state index contributed by atoms with van der Waals surface area (Å²) in [5.74, 6) is 1.17. The van der Waals surface area contributed by atoms with Gasteiger partial charge in [0.05, 0.1) is 0 Å². The molecular formula is C23H18ClN3O3. The van der Waals surface area contributed by atoms with Crippen LogP contribution in [0, 0.1) is 0 Å². The molecule has 0 spiro atoms. The maximum atomic E-state index is 12.4. The molecule has 6 nitrogen and oxygen atoms in total. The van der Waals surface area contributed by atoms with Crippen LogP contribution in [0.2, 0.25) is 5.02 Å². The standard InChI is InChI=1S/C23H18ClN3O3/c1-15(29-20-13-9-18(24)10-14-20)21(28)25-19-11-7-17(8-12-19)23-27-26-22(30-23)16-5-3-2-4-6-16/h2-15H,1H3,(H,25,28). The molecule has 1 heterocycles. The van der Waals surface area contributed by atoms with Gasteiger partial charge in [-0.25, -0.2) is 0 Å². The maximum absolute atomic E-state index is 12.4. The zero-order valence-corrected chi connectivity index (χ0v) is 16.8. The van der Waals surface area contributed by atoms with Gasteiger partial charge in [0.15, 0.2) is 6.10 Å². The van der Waals surface area contributed by atoms with Gasteiger partial charge in [-0.3, -0.25) is 4.79 Å². The number of nitrogens with zero attached hydrogens (tertiary/aromatic N) is 2. The lowest BCUT2D eigenvalue weighted by Gasteiger charge is -2.15. The van der Waals surface area contributed by atoms with Crippen molar-refractivity contribution in [3.8, 4) is 28.7 Å². The molecule has 0 saturated heterocycles. The predicted molar refractivity (Wildman–Crippen MR) is 115 cm³/mol. The van der Waals surface area contributed by atoms with Gasteiger partial charge in [-0.05, 0) is 67.6 Å². The molecule has 0 aliphatic carbocycles. The molecule has 0 aliphatic rings. The second kappa shape index (κ2) is 8.80. The number of nitrogens with one attached hydrogen (secondary N) is 1. The van der Waals surface area contributed by atoms with E-state index >= 15 is 0 Å². The van der Waals surface area contributed by atoms with Crippen LogP contribution in [-0.4, -0.2) is 22.2 Å². The van der Waals surface area contributed by atoms with E-state index in [4.69, 9.17) is 20.8 Å². The Morgan fingerprint density at radius 3 is 2.13 bits per heavy atom. The van der Waals surface area contributed by atoms with E-state index in [0.29, 0.717) is 28.2 Å². The van der Waals surface area contributed by atoms with Crippen molar-refractivity contribution in [1.29, 1.82) is 0 Å². The number of carbonyl (C=O) groups is 1. The highest BCUT2D eigenvalue weighted by Gasteiger charge is 2.15. The van der Waals surface area contributed by atoms with Crippen molar-refractivity contribution in [1.82, 2.24) is 10.2 Å². The maximum Gasteiger partial charge on any atom is 0.265 e. The first kappa shape index (κ1) is 19.7. The smallest absolute Gasteiger partial charge is 0.265 e. The van der Waals surface area contributed by atoms with Crippen LogP contribution >= 0.6 is 11.6 Å². The van der Waals surface area contributed by atoms with Crippen LogP contribution in [0.1, 0.15) is 6.92 Å². The van der Waals surface area contributed by atoms with Crippen molar-refractivity contribution in [2.75, 3.05) is 5.32 Å². The van der Waals surface area contributed by atoms with Crippen LogP contribution in [0.4, 0.5) is 5.69 Å². The van der Waals surface area contributed by atoms with E-state index in [1.807, 2.05) is 42.5 Å². The fraction of sp³-hybridized carbons (Fsp3) is 0.0870. The lowest BCUT2D eigenvalue weighted by Crippen LogP contribution is -2.30.